The van der Waals surface area contributed by atoms with Gasteiger partial charge in [0.25, 0.3) is 0 Å². The van der Waals surface area contributed by atoms with Crippen molar-refractivity contribution in [2.24, 2.45) is 13.0 Å². The van der Waals surface area contributed by atoms with Crippen LogP contribution in [0.2, 0.25) is 0 Å². The van der Waals surface area contributed by atoms with Crippen molar-refractivity contribution in [3.8, 4) is 11.4 Å². The van der Waals surface area contributed by atoms with Crippen molar-refractivity contribution in [1.29, 1.82) is 0 Å². The largest absolute Gasteiger partial charge is 0.380 e. The van der Waals surface area contributed by atoms with Crippen molar-refractivity contribution >= 4 is 5.69 Å². The second-order valence-corrected chi connectivity index (χ2v) is 6.20. The van der Waals surface area contributed by atoms with Gasteiger partial charge in [0, 0.05) is 30.9 Å². The summed E-state index contributed by atoms with van der Waals surface area (Å²) in [7, 11) is 1.99. The zero-order chi connectivity index (χ0) is 14.2. The number of hydrogen-bond donors (Lipinski definition) is 1. The van der Waals surface area contributed by atoms with E-state index in [-0.39, 0.29) is 0 Å². The van der Waals surface area contributed by atoms with Gasteiger partial charge in [-0.3, -0.25) is 0 Å². The summed E-state index contributed by atoms with van der Waals surface area (Å²) in [6, 6.07) is 8.98. The molecular formula is C16H21N5. The van der Waals surface area contributed by atoms with Crippen LogP contribution < -0.4 is 5.32 Å². The van der Waals surface area contributed by atoms with Gasteiger partial charge in [0.2, 0.25) is 0 Å². The lowest BCUT2D eigenvalue weighted by molar-refractivity contribution is 0.0975. The van der Waals surface area contributed by atoms with Gasteiger partial charge in [0.05, 0.1) is 0 Å². The number of aromatic nitrogens is 3. The molecule has 3 fully saturated rings. The van der Waals surface area contributed by atoms with Crippen molar-refractivity contribution in [1.82, 2.24) is 19.7 Å². The van der Waals surface area contributed by atoms with Crippen molar-refractivity contribution in [3.63, 3.8) is 0 Å². The van der Waals surface area contributed by atoms with Gasteiger partial charge in [-0.15, -0.1) is 10.2 Å². The summed E-state index contributed by atoms with van der Waals surface area (Å²) in [5.74, 6) is 1.72. The molecule has 0 aliphatic carbocycles. The fourth-order valence-corrected chi connectivity index (χ4v) is 3.66. The second kappa shape index (κ2) is 5.15. The Morgan fingerprint density at radius 3 is 2.67 bits per heavy atom. The molecular weight excluding hydrogens is 262 g/mol. The van der Waals surface area contributed by atoms with E-state index in [4.69, 9.17) is 0 Å². The molecule has 1 unspecified atom stereocenters. The smallest absolute Gasteiger partial charge is 0.165 e. The van der Waals surface area contributed by atoms with E-state index in [9.17, 15) is 0 Å². The summed E-state index contributed by atoms with van der Waals surface area (Å²) >= 11 is 0. The third-order valence-corrected chi connectivity index (χ3v) is 4.88. The third-order valence-electron chi connectivity index (χ3n) is 4.88. The number of rotatable bonds is 3. The van der Waals surface area contributed by atoms with Crippen LogP contribution >= 0.6 is 0 Å². The average molecular weight is 283 g/mol. The SMILES string of the molecule is Cn1cnnc1-c1ccccc1NC1CN2CCC1CC2. The molecule has 0 amide bonds. The van der Waals surface area contributed by atoms with E-state index in [1.165, 1.54) is 31.6 Å². The highest BCUT2D eigenvalue weighted by molar-refractivity contribution is 5.73. The van der Waals surface area contributed by atoms with Crippen LogP contribution in [-0.2, 0) is 7.05 Å². The number of nitrogens with one attached hydrogen (secondary N) is 1. The van der Waals surface area contributed by atoms with Gasteiger partial charge in [-0.05, 0) is 44.0 Å². The first kappa shape index (κ1) is 12.8. The van der Waals surface area contributed by atoms with Gasteiger partial charge < -0.3 is 14.8 Å². The Kier molecular flexibility index (Phi) is 3.15. The third kappa shape index (κ3) is 2.31. The monoisotopic (exact) mass is 283 g/mol. The molecule has 3 saturated heterocycles. The van der Waals surface area contributed by atoms with Crippen LogP contribution in [0.15, 0.2) is 30.6 Å². The first-order valence-electron chi connectivity index (χ1n) is 7.73. The van der Waals surface area contributed by atoms with Crippen LogP contribution in [0.4, 0.5) is 5.69 Å². The summed E-state index contributed by atoms with van der Waals surface area (Å²) in [5, 5.41) is 12.0. The summed E-state index contributed by atoms with van der Waals surface area (Å²) in [5.41, 5.74) is 2.31. The number of hydrogen-bond acceptors (Lipinski definition) is 4. The van der Waals surface area contributed by atoms with Crippen LogP contribution in [0.5, 0.6) is 0 Å². The Hall–Kier alpha value is -1.88. The van der Waals surface area contributed by atoms with Gasteiger partial charge >= 0.3 is 0 Å². The van der Waals surface area contributed by atoms with E-state index >= 15 is 0 Å². The first-order chi connectivity index (χ1) is 10.3. The standard InChI is InChI=1S/C16H21N5/c1-20-11-17-19-16(20)13-4-2-3-5-14(13)18-15-10-21-8-6-12(15)7-9-21/h2-5,11-12,15,18H,6-10H2,1H3. The fourth-order valence-electron chi connectivity index (χ4n) is 3.66. The maximum atomic E-state index is 4.25. The maximum Gasteiger partial charge on any atom is 0.165 e. The summed E-state index contributed by atoms with van der Waals surface area (Å²) in [4.78, 5) is 2.57. The van der Waals surface area contributed by atoms with Crippen molar-refractivity contribution < 1.29 is 0 Å². The zero-order valence-corrected chi connectivity index (χ0v) is 12.4. The Morgan fingerprint density at radius 1 is 1.19 bits per heavy atom. The minimum atomic E-state index is 0.557. The van der Waals surface area contributed by atoms with Crippen molar-refractivity contribution in [3.05, 3.63) is 30.6 Å². The molecule has 1 aromatic carbocycles. The molecule has 5 nitrogen and oxygen atoms in total. The highest BCUT2D eigenvalue weighted by Crippen LogP contribution is 2.32. The van der Waals surface area contributed by atoms with Gasteiger partial charge in [-0.2, -0.15) is 0 Å². The molecule has 110 valence electrons. The number of piperidine rings is 3. The Balaban J connectivity index is 1.62. The minimum absolute atomic E-state index is 0.557. The molecule has 2 bridgehead atoms. The van der Waals surface area contributed by atoms with Crippen molar-refractivity contribution in [2.45, 2.75) is 18.9 Å². The Morgan fingerprint density at radius 2 is 2.00 bits per heavy atom. The lowest BCUT2D eigenvalue weighted by atomic mass is 9.84. The summed E-state index contributed by atoms with van der Waals surface area (Å²) < 4.78 is 1.97. The number of anilines is 1. The Labute approximate surface area is 125 Å². The predicted molar refractivity (Wildman–Crippen MR) is 83.0 cm³/mol. The van der Waals surface area contributed by atoms with E-state index in [1.807, 2.05) is 11.6 Å². The number of para-hydroxylation sites is 1. The molecule has 0 saturated carbocycles. The fraction of sp³-hybridized carbons (Fsp3) is 0.500. The highest BCUT2D eigenvalue weighted by Gasteiger charge is 2.34. The number of aryl methyl sites for hydroxylation is 1. The topological polar surface area (TPSA) is 46.0 Å². The zero-order valence-electron chi connectivity index (χ0n) is 12.4. The molecule has 5 heteroatoms. The molecule has 1 atom stereocenters. The number of nitrogens with zero attached hydrogens (tertiary/aromatic N) is 4. The average Bonchev–Trinajstić information content (AvgIpc) is 2.95. The molecule has 21 heavy (non-hydrogen) atoms. The van der Waals surface area contributed by atoms with Crippen LogP contribution in [0.1, 0.15) is 12.8 Å². The van der Waals surface area contributed by atoms with Crippen LogP contribution in [0.3, 0.4) is 0 Å². The highest BCUT2D eigenvalue weighted by atomic mass is 15.2. The van der Waals surface area contributed by atoms with Crippen LogP contribution in [0.25, 0.3) is 11.4 Å². The maximum absolute atomic E-state index is 4.25. The molecule has 2 aromatic rings. The van der Waals surface area contributed by atoms with Gasteiger partial charge in [0.15, 0.2) is 5.82 Å². The lowest BCUT2D eigenvalue weighted by Gasteiger charge is -2.45. The quantitative estimate of drug-likeness (QED) is 0.936. The van der Waals surface area contributed by atoms with E-state index in [0.717, 1.165) is 23.9 Å². The molecule has 3 aliphatic heterocycles. The second-order valence-electron chi connectivity index (χ2n) is 6.20. The van der Waals surface area contributed by atoms with E-state index in [1.54, 1.807) is 6.33 Å². The van der Waals surface area contributed by atoms with Gasteiger partial charge in [-0.1, -0.05) is 12.1 Å². The van der Waals surface area contributed by atoms with E-state index in [2.05, 4.69) is 44.7 Å². The molecule has 0 spiro atoms. The van der Waals surface area contributed by atoms with Crippen LogP contribution in [-0.4, -0.2) is 45.3 Å². The van der Waals surface area contributed by atoms with E-state index in [0.29, 0.717) is 6.04 Å². The van der Waals surface area contributed by atoms with Gasteiger partial charge in [0.1, 0.15) is 6.33 Å². The molecule has 0 radical (unpaired) electrons. The molecule has 1 N–H and O–H groups in total. The molecule has 5 rings (SSSR count). The molecule has 1 aromatic heterocycles. The first-order valence-corrected chi connectivity index (χ1v) is 7.73. The lowest BCUT2D eigenvalue weighted by Crippen LogP contribution is -2.53. The summed E-state index contributed by atoms with van der Waals surface area (Å²) in [6.45, 7) is 3.71. The van der Waals surface area contributed by atoms with Gasteiger partial charge in [-0.25, -0.2) is 0 Å². The summed E-state index contributed by atoms with van der Waals surface area (Å²) in [6.07, 6.45) is 4.40. The van der Waals surface area contributed by atoms with Crippen LogP contribution in [0, 0.1) is 5.92 Å². The van der Waals surface area contributed by atoms with E-state index < -0.39 is 0 Å². The normalized spacial score (nSPS) is 27.8. The predicted octanol–water partition coefficient (Wildman–Crippen LogP) is 1.99. The number of fused-ring (bicyclic) bond motifs is 3. The Bertz CT molecular complexity index is 627. The molecule has 4 heterocycles. The molecule has 3 aliphatic rings. The van der Waals surface area contributed by atoms with Crippen molar-refractivity contribution in [2.75, 3.05) is 25.0 Å². The number of benzene rings is 1. The minimum Gasteiger partial charge on any atom is -0.380 e.